The number of hydrogen-bond donors (Lipinski definition) is 2. The minimum Gasteiger partial charge on any atom is -0.513 e. The zero-order valence-electron chi connectivity index (χ0n) is 17.3. The van der Waals surface area contributed by atoms with Crippen LogP contribution in [0.4, 0.5) is 0 Å². The Morgan fingerprint density at radius 2 is 1.65 bits per heavy atom. The highest BCUT2D eigenvalue weighted by Gasteiger charge is 2.48. The van der Waals surface area contributed by atoms with Crippen LogP contribution in [0.1, 0.15) is 67.7 Å². The molecule has 0 aliphatic carbocycles. The molecule has 0 aliphatic heterocycles. The molecule has 0 aromatic heterocycles. The molecule has 2 atom stereocenters. The topological polar surface area (TPSA) is 93.1 Å². The molecule has 0 aromatic carbocycles. The number of hydrogen-bond acceptors (Lipinski definition) is 6. The van der Waals surface area contributed by atoms with Gasteiger partial charge >= 0.3 is 11.9 Å². The molecule has 6 nitrogen and oxygen atoms in total. The Bertz CT molecular complexity index is 505. The number of esters is 2. The summed E-state index contributed by atoms with van der Waals surface area (Å²) in [5, 5.41) is 19.5. The molecule has 0 bridgehead atoms. The average molecular weight is 373 g/mol. The van der Waals surface area contributed by atoms with E-state index in [1.165, 1.54) is 0 Å². The zero-order valence-corrected chi connectivity index (χ0v) is 17.3. The number of carbonyl (C=O) groups is 2. The van der Waals surface area contributed by atoms with Gasteiger partial charge in [-0.3, -0.25) is 4.79 Å². The van der Waals surface area contributed by atoms with Crippen LogP contribution in [-0.2, 0) is 19.1 Å². The van der Waals surface area contributed by atoms with E-state index >= 15 is 0 Å². The molecule has 0 spiro atoms. The molecule has 0 rings (SSSR count). The van der Waals surface area contributed by atoms with E-state index in [0.717, 1.165) is 0 Å². The van der Waals surface area contributed by atoms with Crippen molar-refractivity contribution in [3.8, 4) is 0 Å². The quantitative estimate of drug-likeness (QED) is 0.448. The molecule has 0 aromatic rings. The second-order valence-corrected chi connectivity index (χ2v) is 8.47. The van der Waals surface area contributed by atoms with E-state index in [2.05, 4.69) is 6.58 Å². The molecule has 0 saturated heterocycles. The van der Waals surface area contributed by atoms with Crippen LogP contribution >= 0.6 is 0 Å². The minimum absolute atomic E-state index is 0.0222. The molecular formula is C20H36O6. The molecule has 2 N–H and O–H groups in total. The summed E-state index contributed by atoms with van der Waals surface area (Å²) < 4.78 is 10.2. The third kappa shape index (κ3) is 6.63. The Hall–Kier alpha value is -1.56. The lowest BCUT2D eigenvalue weighted by Gasteiger charge is -2.42. The Kier molecular flexibility index (Phi) is 8.83. The first-order chi connectivity index (χ1) is 11.7. The standard InChI is InChI=1S/C20H36O6/c1-9-20(24,12-15(4)21)10-11-25-16(22)13-26-17(23)19(8,14(2)3)18(5,6)7/h14,21,24H,4,9-13H2,1-3,5-8H3. The van der Waals surface area contributed by atoms with Crippen molar-refractivity contribution < 1.29 is 29.3 Å². The summed E-state index contributed by atoms with van der Waals surface area (Å²) >= 11 is 0. The molecule has 152 valence electrons. The van der Waals surface area contributed by atoms with Crippen LogP contribution < -0.4 is 0 Å². The number of aliphatic hydroxyl groups is 2. The van der Waals surface area contributed by atoms with Gasteiger partial charge in [0.25, 0.3) is 0 Å². The Labute approximate surface area is 157 Å². The van der Waals surface area contributed by atoms with E-state index in [4.69, 9.17) is 9.47 Å². The highest BCUT2D eigenvalue weighted by atomic mass is 16.6. The summed E-state index contributed by atoms with van der Waals surface area (Å²) in [5.41, 5.74) is -2.24. The summed E-state index contributed by atoms with van der Waals surface area (Å²) in [7, 11) is 0. The maximum Gasteiger partial charge on any atom is 0.344 e. The fourth-order valence-corrected chi connectivity index (χ4v) is 2.85. The minimum atomic E-state index is -1.18. The van der Waals surface area contributed by atoms with Gasteiger partial charge in [-0.15, -0.1) is 0 Å². The van der Waals surface area contributed by atoms with Crippen molar-refractivity contribution in [2.45, 2.75) is 73.3 Å². The molecule has 0 amide bonds. The lowest BCUT2D eigenvalue weighted by molar-refractivity contribution is -0.173. The van der Waals surface area contributed by atoms with Gasteiger partial charge in [0.1, 0.15) is 0 Å². The summed E-state index contributed by atoms with van der Waals surface area (Å²) in [6.45, 7) is 16.3. The van der Waals surface area contributed by atoms with Crippen LogP contribution in [0.5, 0.6) is 0 Å². The van der Waals surface area contributed by atoms with Crippen molar-refractivity contribution in [1.82, 2.24) is 0 Å². The second-order valence-electron chi connectivity index (χ2n) is 8.47. The van der Waals surface area contributed by atoms with Gasteiger partial charge in [0.05, 0.1) is 23.4 Å². The second kappa shape index (κ2) is 9.40. The summed E-state index contributed by atoms with van der Waals surface area (Å²) in [6.07, 6.45) is 0.570. The van der Waals surface area contributed by atoms with Crippen molar-refractivity contribution in [1.29, 1.82) is 0 Å². The van der Waals surface area contributed by atoms with Gasteiger partial charge in [-0.2, -0.15) is 0 Å². The van der Waals surface area contributed by atoms with Crippen LogP contribution in [0, 0.1) is 16.7 Å². The van der Waals surface area contributed by atoms with Crippen molar-refractivity contribution >= 4 is 11.9 Å². The number of aliphatic hydroxyl groups excluding tert-OH is 1. The van der Waals surface area contributed by atoms with Crippen LogP contribution in [0.3, 0.4) is 0 Å². The normalized spacial score (nSPS) is 16.5. The van der Waals surface area contributed by atoms with Crippen LogP contribution in [0.15, 0.2) is 12.3 Å². The van der Waals surface area contributed by atoms with Crippen molar-refractivity contribution in [3.63, 3.8) is 0 Å². The van der Waals surface area contributed by atoms with Gasteiger partial charge in [0.2, 0.25) is 0 Å². The van der Waals surface area contributed by atoms with E-state index in [9.17, 15) is 19.8 Å². The maximum absolute atomic E-state index is 12.6. The van der Waals surface area contributed by atoms with Gasteiger partial charge in [-0.25, -0.2) is 4.79 Å². The monoisotopic (exact) mass is 372 g/mol. The highest BCUT2D eigenvalue weighted by Crippen LogP contribution is 2.45. The fraction of sp³-hybridized carbons (Fsp3) is 0.800. The number of ether oxygens (including phenoxy) is 2. The predicted octanol–water partition coefficient (Wildman–Crippen LogP) is 3.77. The van der Waals surface area contributed by atoms with E-state index in [1.807, 2.05) is 41.5 Å². The average Bonchev–Trinajstić information content (AvgIpc) is 2.49. The SMILES string of the molecule is C=C(O)CC(O)(CC)CCOC(=O)COC(=O)C(C)(C(C)C)C(C)(C)C. The Morgan fingerprint density at radius 1 is 1.12 bits per heavy atom. The molecular weight excluding hydrogens is 336 g/mol. The maximum atomic E-state index is 12.6. The molecule has 26 heavy (non-hydrogen) atoms. The van der Waals surface area contributed by atoms with Crippen LogP contribution in [-0.4, -0.2) is 41.0 Å². The van der Waals surface area contributed by atoms with Crippen molar-refractivity contribution in [2.24, 2.45) is 16.7 Å². The van der Waals surface area contributed by atoms with Gasteiger partial charge in [0.15, 0.2) is 6.61 Å². The molecule has 6 heteroatoms. The summed E-state index contributed by atoms with van der Waals surface area (Å²) in [4.78, 5) is 24.4. The molecule has 0 heterocycles. The van der Waals surface area contributed by atoms with Crippen molar-refractivity contribution in [3.05, 3.63) is 12.3 Å². The van der Waals surface area contributed by atoms with Gasteiger partial charge in [-0.1, -0.05) is 48.1 Å². The largest absolute Gasteiger partial charge is 0.513 e. The van der Waals surface area contributed by atoms with E-state index < -0.39 is 29.6 Å². The van der Waals surface area contributed by atoms with Gasteiger partial charge in [-0.05, 0) is 24.7 Å². The Balaban J connectivity index is 4.59. The van der Waals surface area contributed by atoms with Crippen LogP contribution in [0.25, 0.3) is 0 Å². The lowest BCUT2D eigenvalue weighted by Crippen LogP contribution is -2.46. The third-order valence-corrected chi connectivity index (χ3v) is 5.48. The van der Waals surface area contributed by atoms with Gasteiger partial charge in [0, 0.05) is 12.8 Å². The molecule has 0 radical (unpaired) electrons. The molecule has 0 saturated carbocycles. The molecule has 0 fully saturated rings. The number of carbonyl (C=O) groups excluding carboxylic acids is 2. The zero-order chi connectivity index (χ0) is 20.8. The van der Waals surface area contributed by atoms with Gasteiger partial charge < -0.3 is 19.7 Å². The fourth-order valence-electron chi connectivity index (χ4n) is 2.85. The number of rotatable bonds is 10. The van der Waals surface area contributed by atoms with E-state index in [1.54, 1.807) is 6.92 Å². The smallest absolute Gasteiger partial charge is 0.344 e. The van der Waals surface area contributed by atoms with E-state index in [0.29, 0.717) is 6.42 Å². The van der Waals surface area contributed by atoms with Crippen molar-refractivity contribution in [2.75, 3.05) is 13.2 Å². The van der Waals surface area contributed by atoms with Crippen LogP contribution in [0.2, 0.25) is 0 Å². The first kappa shape index (κ1) is 24.4. The lowest BCUT2D eigenvalue weighted by atomic mass is 9.62. The first-order valence-electron chi connectivity index (χ1n) is 9.11. The van der Waals surface area contributed by atoms with E-state index in [-0.39, 0.29) is 36.5 Å². The third-order valence-electron chi connectivity index (χ3n) is 5.48. The Morgan fingerprint density at radius 3 is 2.04 bits per heavy atom. The highest BCUT2D eigenvalue weighted by molar-refractivity contribution is 5.81. The first-order valence-corrected chi connectivity index (χ1v) is 9.11. The summed E-state index contributed by atoms with van der Waals surface area (Å²) in [5.74, 6) is -1.18. The molecule has 0 aliphatic rings. The summed E-state index contributed by atoms with van der Waals surface area (Å²) in [6, 6.07) is 0. The predicted molar refractivity (Wildman–Crippen MR) is 101 cm³/mol. The molecule has 2 unspecified atom stereocenters.